The molecule has 3 aliphatic rings. The normalized spacial score (nSPS) is 33.7. The second-order valence-electron chi connectivity index (χ2n) is 9.97. The van der Waals surface area contributed by atoms with Gasteiger partial charge in [0.2, 0.25) is 0 Å². The quantitative estimate of drug-likeness (QED) is 0.336. The summed E-state index contributed by atoms with van der Waals surface area (Å²) in [6.07, 6.45) is -3.59. The molecule has 1 aromatic rings. The highest BCUT2D eigenvalue weighted by Gasteiger charge is 2.56. The molecule has 3 saturated heterocycles. The summed E-state index contributed by atoms with van der Waals surface area (Å²) in [7, 11) is 0. The van der Waals surface area contributed by atoms with Crippen molar-refractivity contribution in [3.05, 3.63) is 47.0 Å². The highest BCUT2D eigenvalue weighted by Crippen LogP contribution is 2.40. The number of benzene rings is 1. The zero-order valence-electron chi connectivity index (χ0n) is 20.6. The number of carbonyl (C=O) groups excluding carboxylic acids is 2. The van der Waals surface area contributed by atoms with Crippen molar-refractivity contribution in [3.8, 4) is 0 Å². The predicted octanol–water partition coefficient (Wildman–Crippen LogP) is 2.44. The number of aliphatic hydroxyl groups excluding tert-OH is 3. The molecular weight excluding hydrogens is 548 g/mol. The molecule has 3 N–H and O–H groups in total. The molecule has 10 heteroatoms. The van der Waals surface area contributed by atoms with Gasteiger partial charge in [-0.3, -0.25) is 4.79 Å². The van der Waals surface area contributed by atoms with Crippen molar-refractivity contribution < 1.29 is 43.9 Å². The molecule has 204 valence electrons. The summed E-state index contributed by atoms with van der Waals surface area (Å²) < 4.78 is 24.2. The van der Waals surface area contributed by atoms with Gasteiger partial charge in [-0.1, -0.05) is 40.7 Å². The topological polar surface area (TPSA) is 132 Å². The number of rotatable bonds is 11. The largest absolute Gasteiger partial charge is 0.458 e. The van der Waals surface area contributed by atoms with Crippen molar-refractivity contribution in [2.24, 2.45) is 0 Å². The first-order valence-corrected chi connectivity index (χ1v) is 13.6. The summed E-state index contributed by atoms with van der Waals surface area (Å²) in [6, 6.07) is 8.63. The molecule has 3 fully saturated rings. The van der Waals surface area contributed by atoms with Crippen LogP contribution in [-0.4, -0.2) is 88.6 Å². The van der Waals surface area contributed by atoms with Crippen LogP contribution in [0.5, 0.6) is 0 Å². The van der Waals surface area contributed by atoms with E-state index in [2.05, 4.69) is 22.5 Å². The van der Waals surface area contributed by atoms with E-state index in [0.29, 0.717) is 42.1 Å². The second kappa shape index (κ2) is 12.9. The number of fused-ring (bicyclic) bond motifs is 2. The highest BCUT2D eigenvalue weighted by atomic mass is 79.9. The van der Waals surface area contributed by atoms with Gasteiger partial charge in [-0.15, -0.1) is 0 Å². The number of Topliss-reactive ketones (excluding diaryl/α,β-unsaturated/α-hetero) is 1. The number of ketones is 1. The first-order valence-electron chi connectivity index (χ1n) is 12.8. The summed E-state index contributed by atoms with van der Waals surface area (Å²) in [4.78, 5) is 25.3. The molecule has 0 bridgehead atoms. The fraction of sp³-hybridized carbons (Fsp3) is 0.630. The monoisotopic (exact) mass is 582 g/mol. The van der Waals surface area contributed by atoms with Crippen LogP contribution in [-0.2, 0) is 23.7 Å². The average Bonchev–Trinajstić information content (AvgIpc) is 3.18. The number of hydrogen-bond donors (Lipinski definition) is 3. The average molecular weight is 583 g/mol. The smallest absolute Gasteiger partial charge is 0.338 e. The van der Waals surface area contributed by atoms with Crippen LogP contribution < -0.4 is 0 Å². The molecule has 6 unspecified atom stereocenters. The first kappa shape index (κ1) is 28.4. The van der Waals surface area contributed by atoms with E-state index in [-0.39, 0.29) is 37.4 Å². The zero-order valence-corrected chi connectivity index (χ0v) is 22.2. The lowest BCUT2D eigenvalue weighted by Gasteiger charge is -2.46. The molecule has 0 radical (unpaired) electrons. The number of aliphatic hydroxyl groups is 3. The Bertz CT molecular complexity index is 941. The Labute approximate surface area is 224 Å². The molecule has 37 heavy (non-hydrogen) atoms. The summed E-state index contributed by atoms with van der Waals surface area (Å²) in [5.74, 6) is -0.628. The van der Waals surface area contributed by atoms with Crippen molar-refractivity contribution in [2.45, 2.75) is 99.9 Å². The maximum atomic E-state index is 12.8. The van der Waals surface area contributed by atoms with E-state index >= 15 is 0 Å². The van der Waals surface area contributed by atoms with Crippen molar-refractivity contribution >= 4 is 27.7 Å². The molecule has 1 aromatic carbocycles. The van der Waals surface area contributed by atoms with Crippen LogP contribution in [0.4, 0.5) is 0 Å². The Morgan fingerprint density at radius 3 is 2.49 bits per heavy atom. The minimum absolute atomic E-state index is 0.000520. The fourth-order valence-corrected chi connectivity index (χ4v) is 5.70. The van der Waals surface area contributed by atoms with Gasteiger partial charge in [-0.05, 0) is 42.3 Å². The lowest BCUT2D eigenvalue weighted by atomic mass is 9.88. The van der Waals surface area contributed by atoms with Gasteiger partial charge < -0.3 is 34.3 Å². The van der Waals surface area contributed by atoms with Gasteiger partial charge in [0.15, 0.2) is 0 Å². The number of esters is 1. The summed E-state index contributed by atoms with van der Waals surface area (Å²) in [5.41, 5.74) is 0.426. The fourth-order valence-electron chi connectivity index (χ4n) is 5.34. The Hall–Kier alpha value is -1.66. The van der Waals surface area contributed by atoms with Crippen LogP contribution in [0.2, 0.25) is 0 Å². The molecule has 9 atom stereocenters. The number of hydrogen-bond acceptors (Lipinski definition) is 9. The van der Waals surface area contributed by atoms with Crippen LogP contribution in [0.15, 0.2) is 41.4 Å². The van der Waals surface area contributed by atoms with E-state index in [1.807, 2.05) is 6.07 Å². The van der Waals surface area contributed by atoms with Crippen molar-refractivity contribution in [1.29, 1.82) is 0 Å². The van der Waals surface area contributed by atoms with E-state index in [1.54, 1.807) is 24.3 Å². The Kier molecular flexibility index (Phi) is 9.90. The van der Waals surface area contributed by atoms with Crippen LogP contribution in [0.25, 0.3) is 0 Å². The van der Waals surface area contributed by atoms with E-state index in [4.69, 9.17) is 18.9 Å². The van der Waals surface area contributed by atoms with Crippen LogP contribution >= 0.6 is 15.9 Å². The minimum Gasteiger partial charge on any atom is -0.458 e. The Balaban J connectivity index is 1.30. The Morgan fingerprint density at radius 1 is 1.05 bits per heavy atom. The standard InChI is InChI=1S/C27H35BrO9/c1-15(28)13-19(35-27(33)16-5-3-2-4-6-16)8-7-17(30)14-21-22(31)25-26(37-21)23(32)24-20(36-25)10-9-18(34-24)11-12-29/h2-6,18-26,29,31-32H,1,7-14H2/t18?,19?,20?,21?,22-,23?,24-,25-,26?/m0/s1. The second-order valence-corrected chi connectivity index (χ2v) is 11.1. The summed E-state index contributed by atoms with van der Waals surface area (Å²) >= 11 is 3.30. The van der Waals surface area contributed by atoms with E-state index in [0.717, 1.165) is 0 Å². The van der Waals surface area contributed by atoms with Gasteiger partial charge in [-0.25, -0.2) is 4.79 Å². The van der Waals surface area contributed by atoms with E-state index in [9.17, 15) is 24.9 Å². The molecule has 9 nitrogen and oxygen atoms in total. The molecule has 3 aliphatic heterocycles. The third-order valence-electron chi connectivity index (χ3n) is 7.22. The van der Waals surface area contributed by atoms with Gasteiger partial charge in [0.1, 0.15) is 42.4 Å². The lowest BCUT2D eigenvalue weighted by Crippen LogP contribution is -2.61. The maximum absolute atomic E-state index is 12.8. The Morgan fingerprint density at radius 2 is 1.78 bits per heavy atom. The van der Waals surface area contributed by atoms with Gasteiger partial charge in [0.05, 0.1) is 23.9 Å². The molecular formula is C27H35BrO9. The third-order valence-corrected chi connectivity index (χ3v) is 7.55. The SMILES string of the molecule is C=C(Br)CC(CCC(=O)CC1OC2C(O)[C@H]3OC(CCO)CCC3O[C@H]2[C@H]1O)OC(=O)c1ccccc1. The van der Waals surface area contributed by atoms with Gasteiger partial charge >= 0.3 is 5.97 Å². The lowest BCUT2D eigenvalue weighted by molar-refractivity contribution is -0.260. The van der Waals surface area contributed by atoms with Gasteiger partial charge in [-0.2, -0.15) is 0 Å². The number of carbonyl (C=O) groups is 2. The minimum atomic E-state index is -1.06. The summed E-state index contributed by atoms with van der Waals surface area (Å²) in [5, 5.41) is 31.0. The first-order chi connectivity index (χ1) is 17.8. The van der Waals surface area contributed by atoms with E-state index < -0.39 is 48.7 Å². The van der Waals surface area contributed by atoms with Gasteiger partial charge in [0, 0.05) is 25.9 Å². The molecule has 3 heterocycles. The van der Waals surface area contributed by atoms with Gasteiger partial charge in [0.25, 0.3) is 0 Å². The van der Waals surface area contributed by atoms with Crippen LogP contribution in [0.1, 0.15) is 55.3 Å². The van der Waals surface area contributed by atoms with Crippen molar-refractivity contribution in [3.63, 3.8) is 0 Å². The zero-order chi connectivity index (χ0) is 26.5. The van der Waals surface area contributed by atoms with E-state index in [1.165, 1.54) is 0 Å². The van der Waals surface area contributed by atoms with Crippen molar-refractivity contribution in [2.75, 3.05) is 6.61 Å². The number of halogens is 1. The third kappa shape index (κ3) is 7.06. The molecule has 4 rings (SSSR count). The van der Waals surface area contributed by atoms with Crippen LogP contribution in [0, 0.1) is 0 Å². The molecule has 0 aromatic heterocycles. The maximum Gasteiger partial charge on any atom is 0.338 e. The van der Waals surface area contributed by atoms with Crippen molar-refractivity contribution in [1.82, 2.24) is 0 Å². The predicted molar refractivity (Wildman–Crippen MR) is 136 cm³/mol. The summed E-state index contributed by atoms with van der Waals surface area (Å²) in [6.45, 7) is 3.82. The molecule has 0 saturated carbocycles. The highest BCUT2D eigenvalue weighted by molar-refractivity contribution is 9.11. The molecule has 0 aliphatic carbocycles. The molecule has 0 spiro atoms. The number of ether oxygens (including phenoxy) is 4. The van der Waals surface area contributed by atoms with Crippen LogP contribution in [0.3, 0.4) is 0 Å². The molecule has 0 amide bonds.